The number of alkyl halides is 1. The molecule has 3 rings (SSSR count). The Bertz CT molecular complexity index is 1000. The first kappa shape index (κ1) is 22.7. The molecule has 2 aromatic carbocycles. The van der Waals surface area contributed by atoms with Gasteiger partial charge in [0.1, 0.15) is 12.3 Å². The molecule has 0 bridgehead atoms. The highest BCUT2D eigenvalue weighted by molar-refractivity contribution is 6.31. The predicted octanol–water partition coefficient (Wildman–Crippen LogP) is 4.28. The number of aromatic nitrogens is 1. The molecule has 160 valence electrons. The monoisotopic (exact) mass is 451 g/mol. The maximum atomic E-state index is 14.4. The van der Waals surface area contributed by atoms with E-state index >= 15 is 0 Å². The number of rotatable bonds is 9. The summed E-state index contributed by atoms with van der Waals surface area (Å²) in [5.74, 6) is -0.450. The van der Waals surface area contributed by atoms with Gasteiger partial charge in [-0.1, -0.05) is 35.3 Å². The van der Waals surface area contributed by atoms with E-state index in [1.165, 1.54) is 7.11 Å². The Hall–Kier alpha value is -1.96. The molecule has 0 aliphatic heterocycles. The SMILES string of the molecule is COc1nc2ccc(Cl)cc2cc1C(c1ccc(Cl)cc1)C(O)(CF)CCNCN. The summed E-state index contributed by atoms with van der Waals surface area (Å²) in [5, 5.41) is 16.2. The van der Waals surface area contributed by atoms with Crippen LogP contribution in [0.2, 0.25) is 10.0 Å². The Labute approximate surface area is 185 Å². The van der Waals surface area contributed by atoms with Crippen molar-refractivity contribution in [1.82, 2.24) is 10.3 Å². The van der Waals surface area contributed by atoms with E-state index in [1.54, 1.807) is 42.5 Å². The molecule has 0 radical (unpaired) electrons. The van der Waals surface area contributed by atoms with Gasteiger partial charge in [-0.2, -0.15) is 0 Å². The molecule has 2 unspecified atom stereocenters. The third kappa shape index (κ3) is 4.85. The number of nitrogens with zero attached hydrogens (tertiary/aromatic N) is 1. The van der Waals surface area contributed by atoms with E-state index in [-0.39, 0.29) is 13.1 Å². The fourth-order valence-electron chi connectivity index (χ4n) is 3.65. The third-order valence-electron chi connectivity index (χ3n) is 5.13. The van der Waals surface area contributed by atoms with Crippen LogP contribution < -0.4 is 15.8 Å². The van der Waals surface area contributed by atoms with Gasteiger partial charge in [-0.25, -0.2) is 9.37 Å². The summed E-state index contributed by atoms with van der Waals surface area (Å²) in [6, 6.07) is 14.1. The minimum atomic E-state index is -1.72. The van der Waals surface area contributed by atoms with E-state index < -0.39 is 18.2 Å². The van der Waals surface area contributed by atoms with Crippen molar-refractivity contribution in [3.05, 3.63) is 69.7 Å². The molecular formula is C22H24Cl2FN3O2. The van der Waals surface area contributed by atoms with Gasteiger partial charge in [0.15, 0.2) is 0 Å². The van der Waals surface area contributed by atoms with Gasteiger partial charge in [-0.3, -0.25) is 0 Å². The van der Waals surface area contributed by atoms with Gasteiger partial charge >= 0.3 is 0 Å². The summed E-state index contributed by atoms with van der Waals surface area (Å²) < 4.78 is 19.9. The third-order valence-corrected chi connectivity index (χ3v) is 5.61. The zero-order valence-corrected chi connectivity index (χ0v) is 18.1. The molecule has 0 amide bonds. The fourth-order valence-corrected chi connectivity index (χ4v) is 3.95. The molecule has 0 spiro atoms. The Morgan fingerprint density at radius 1 is 1.17 bits per heavy atom. The van der Waals surface area contributed by atoms with Crippen LogP contribution in [0.3, 0.4) is 0 Å². The molecule has 30 heavy (non-hydrogen) atoms. The van der Waals surface area contributed by atoms with Gasteiger partial charge in [-0.05, 0) is 54.9 Å². The van der Waals surface area contributed by atoms with Crippen molar-refractivity contribution in [2.75, 3.05) is 27.0 Å². The summed E-state index contributed by atoms with van der Waals surface area (Å²) in [4.78, 5) is 4.57. The largest absolute Gasteiger partial charge is 0.481 e. The molecule has 1 aromatic heterocycles. The number of hydrogen-bond acceptors (Lipinski definition) is 5. The number of methoxy groups -OCH3 is 1. The Kier molecular flexibility index (Phi) is 7.50. The second-order valence-electron chi connectivity index (χ2n) is 7.10. The van der Waals surface area contributed by atoms with Gasteiger partial charge in [0.25, 0.3) is 0 Å². The average molecular weight is 452 g/mol. The number of fused-ring (bicyclic) bond motifs is 1. The van der Waals surface area contributed by atoms with Crippen LogP contribution in [-0.4, -0.2) is 42.7 Å². The minimum absolute atomic E-state index is 0.130. The second-order valence-corrected chi connectivity index (χ2v) is 7.97. The van der Waals surface area contributed by atoms with Gasteiger partial charge in [-0.15, -0.1) is 0 Å². The van der Waals surface area contributed by atoms with Crippen molar-refractivity contribution in [3.8, 4) is 5.88 Å². The number of nitrogens with two attached hydrogens (primary N) is 1. The summed E-state index contributed by atoms with van der Waals surface area (Å²) in [7, 11) is 1.50. The molecule has 4 N–H and O–H groups in total. The maximum Gasteiger partial charge on any atom is 0.217 e. The molecule has 8 heteroatoms. The van der Waals surface area contributed by atoms with E-state index in [4.69, 9.17) is 33.7 Å². The first-order chi connectivity index (χ1) is 14.4. The standard InChI is InChI=1S/C22H24Cl2FN3O2/c1-30-21-18(11-15-10-17(24)6-7-19(15)28-21)20(14-2-4-16(23)5-3-14)22(29,12-25)8-9-27-13-26/h2-7,10-11,20,27,29H,8-9,12-13,26H2,1H3. The van der Waals surface area contributed by atoms with E-state index in [1.807, 2.05) is 6.07 Å². The van der Waals surface area contributed by atoms with E-state index in [9.17, 15) is 9.50 Å². The van der Waals surface area contributed by atoms with Crippen molar-refractivity contribution in [1.29, 1.82) is 0 Å². The molecule has 3 aromatic rings. The lowest BCUT2D eigenvalue weighted by molar-refractivity contribution is -0.00773. The summed E-state index contributed by atoms with van der Waals surface area (Å²) >= 11 is 12.2. The van der Waals surface area contributed by atoms with Crippen LogP contribution in [-0.2, 0) is 0 Å². The van der Waals surface area contributed by atoms with Gasteiger partial charge < -0.3 is 20.9 Å². The highest BCUT2D eigenvalue weighted by Crippen LogP contribution is 2.42. The van der Waals surface area contributed by atoms with Crippen LogP contribution in [0.4, 0.5) is 4.39 Å². The molecule has 0 saturated carbocycles. The second kappa shape index (κ2) is 9.90. The number of hydrogen-bond donors (Lipinski definition) is 3. The lowest BCUT2D eigenvalue weighted by Crippen LogP contribution is -2.43. The minimum Gasteiger partial charge on any atom is -0.481 e. The van der Waals surface area contributed by atoms with Crippen LogP contribution in [0.15, 0.2) is 48.5 Å². The number of ether oxygens (including phenoxy) is 1. The first-order valence-corrected chi connectivity index (χ1v) is 10.3. The van der Waals surface area contributed by atoms with Crippen LogP contribution in [0.1, 0.15) is 23.5 Å². The van der Waals surface area contributed by atoms with Crippen molar-refractivity contribution in [3.63, 3.8) is 0 Å². The molecule has 2 atom stereocenters. The van der Waals surface area contributed by atoms with Crippen molar-refractivity contribution < 1.29 is 14.2 Å². The average Bonchev–Trinajstić information content (AvgIpc) is 2.75. The molecule has 0 saturated heterocycles. The van der Waals surface area contributed by atoms with Crippen molar-refractivity contribution >= 4 is 34.1 Å². The Morgan fingerprint density at radius 3 is 2.50 bits per heavy atom. The van der Waals surface area contributed by atoms with E-state index in [2.05, 4.69) is 10.3 Å². The summed E-state index contributed by atoms with van der Waals surface area (Å²) in [5.41, 5.74) is 5.70. The molecule has 0 fully saturated rings. The van der Waals surface area contributed by atoms with Gasteiger partial charge in [0.05, 0.1) is 12.6 Å². The van der Waals surface area contributed by atoms with Crippen LogP contribution in [0.5, 0.6) is 5.88 Å². The number of pyridine rings is 1. The molecule has 0 aliphatic carbocycles. The van der Waals surface area contributed by atoms with E-state index in [0.29, 0.717) is 39.1 Å². The van der Waals surface area contributed by atoms with Crippen LogP contribution in [0.25, 0.3) is 10.9 Å². The summed E-state index contributed by atoms with van der Waals surface area (Å²) in [6.07, 6.45) is 0.130. The van der Waals surface area contributed by atoms with Gasteiger partial charge in [0.2, 0.25) is 5.88 Å². The van der Waals surface area contributed by atoms with Crippen LogP contribution >= 0.6 is 23.2 Å². The predicted molar refractivity (Wildman–Crippen MR) is 119 cm³/mol. The number of benzene rings is 2. The molecule has 5 nitrogen and oxygen atoms in total. The smallest absolute Gasteiger partial charge is 0.217 e. The zero-order valence-electron chi connectivity index (χ0n) is 16.5. The fraction of sp³-hybridized carbons (Fsp3) is 0.318. The Balaban J connectivity index is 2.21. The lowest BCUT2D eigenvalue weighted by atomic mass is 9.76. The Morgan fingerprint density at radius 2 is 1.87 bits per heavy atom. The van der Waals surface area contributed by atoms with Crippen molar-refractivity contribution in [2.24, 2.45) is 5.73 Å². The first-order valence-electron chi connectivity index (χ1n) is 9.50. The molecular weight excluding hydrogens is 428 g/mol. The normalized spacial score (nSPS) is 14.5. The summed E-state index contributed by atoms with van der Waals surface area (Å²) in [6.45, 7) is -0.396. The topological polar surface area (TPSA) is 80.4 Å². The maximum absolute atomic E-state index is 14.4. The molecule has 0 aliphatic rings. The number of aliphatic hydroxyl groups is 1. The highest BCUT2D eigenvalue weighted by Gasteiger charge is 2.41. The quantitative estimate of drug-likeness (QED) is 0.334. The highest BCUT2D eigenvalue weighted by atomic mass is 35.5. The molecule has 1 heterocycles. The van der Waals surface area contributed by atoms with Crippen LogP contribution in [0, 0.1) is 0 Å². The van der Waals surface area contributed by atoms with Gasteiger partial charge in [0, 0.05) is 33.6 Å². The lowest BCUT2D eigenvalue weighted by Gasteiger charge is -2.35. The number of halogens is 3. The number of nitrogens with one attached hydrogen (secondary N) is 1. The zero-order chi connectivity index (χ0) is 21.7. The van der Waals surface area contributed by atoms with Crippen molar-refractivity contribution in [2.45, 2.75) is 17.9 Å². The van der Waals surface area contributed by atoms with E-state index in [0.717, 1.165) is 5.39 Å².